The lowest BCUT2D eigenvalue weighted by Crippen LogP contribution is -2.10. The third-order valence-corrected chi connectivity index (χ3v) is 2.52. The number of aromatic nitrogens is 1. The van der Waals surface area contributed by atoms with E-state index in [1.165, 1.54) is 0 Å². The van der Waals surface area contributed by atoms with E-state index in [9.17, 15) is 5.11 Å². The van der Waals surface area contributed by atoms with Crippen molar-refractivity contribution in [2.75, 3.05) is 0 Å². The van der Waals surface area contributed by atoms with E-state index in [0.717, 1.165) is 11.1 Å². The van der Waals surface area contributed by atoms with E-state index in [0.29, 0.717) is 11.6 Å². The van der Waals surface area contributed by atoms with Gasteiger partial charge in [0.1, 0.15) is 11.9 Å². The minimum absolute atomic E-state index is 0.490. The van der Waals surface area contributed by atoms with E-state index in [1.54, 1.807) is 12.3 Å². The van der Waals surface area contributed by atoms with Gasteiger partial charge in [0.15, 0.2) is 0 Å². The Bertz CT molecular complexity index is 465. The van der Waals surface area contributed by atoms with E-state index >= 15 is 0 Å². The third kappa shape index (κ3) is 1.21. The Morgan fingerprint density at radius 2 is 1.87 bits per heavy atom. The number of aliphatic hydroxyl groups is 1. The molecule has 1 aliphatic rings. The Balaban J connectivity index is 2.20. The molecule has 1 atom stereocenters. The van der Waals surface area contributed by atoms with Gasteiger partial charge < -0.3 is 9.84 Å². The fourth-order valence-corrected chi connectivity index (χ4v) is 1.77. The van der Waals surface area contributed by atoms with Crippen molar-refractivity contribution in [2.24, 2.45) is 0 Å². The van der Waals surface area contributed by atoms with Crippen molar-refractivity contribution < 1.29 is 9.84 Å². The molecule has 1 unspecified atom stereocenters. The standard InChI is InChI=1S/C12H9NO2/c14-11-8-4-1-2-6-10(8)15-12-9(11)5-3-7-13-12/h1-7,11,14H. The normalized spacial score (nSPS) is 17.5. The number of fused-ring (bicyclic) bond motifs is 2. The van der Waals surface area contributed by atoms with Crippen LogP contribution in [0.5, 0.6) is 11.6 Å². The average molecular weight is 199 g/mol. The summed E-state index contributed by atoms with van der Waals surface area (Å²) in [4.78, 5) is 4.09. The fraction of sp³-hybridized carbons (Fsp3) is 0.0833. The van der Waals surface area contributed by atoms with Crippen LogP contribution in [0.15, 0.2) is 42.6 Å². The molecule has 1 aromatic heterocycles. The molecular formula is C12H9NO2. The van der Waals surface area contributed by atoms with Crippen molar-refractivity contribution in [2.45, 2.75) is 6.10 Å². The topological polar surface area (TPSA) is 42.4 Å². The van der Waals surface area contributed by atoms with E-state index in [1.807, 2.05) is 30.3 Å². The van der Waals surface area contributed by atoms with Crippen LogP contribution in [-0.2, 0) is 0 Å². The molecule has 3 rings (SSSR count). The minimum atomic E-state index is -0.640. The summed E-state index contributed by atoms with van der Waals surface area (Å²) in [6.45, 7) is 0. The lowest BCUT2D eigenvalue weighted by atomic mass is 9.99. The average Bonchev–Trinajstić information content (AvgIpc) is 2.30. The second kappa shape index (κ2) is 3.07. The van der Waals surface area contributed by atoms with Gasteiger partial charge >= 0.3 is 0 Å². The SMILES string of the molecule is OC1c2ccccc2Oc2ncccc21. The number of hydrogen-bond donors (Lipinski definition) is 1. The Hall–Kier alpha value is -1.87. The second-order valence-electron chi connectivity index (χ2n) is 3.44. The van der Waals surface area contributed by atoms with Crippen molar-refractivity contribution in [3.63, 3.8) is 0 Å². The molecule has 0 saturated heterocycles. The van der Waals surface area contributed by atoms with Crippen LogP contribution in [0.3, 0.4) is 0 Å². The fourth-order valence-electron chi connectivity index (χ4n) is 1.77. The summed E-state index contributed by atoms with van der Waals surface area (Å²) in [5.41, 5.74) is 1.51. The van der Waals surface area contributed by atoms with Crippen LogP contribution in [0.4, 0.5) is 0 Å². The minimum Gasteiger partial charge on any atom is -0.438 e. The number of benzene rings is 1. The van der Waals surface area contributed by atoms with Gasteiger partial charge in [-0.15, -0.1) is 0 Å². The summed E-state index contributed by atoms with van der Waals surface area (Å²) >= 11 is 0. The molecule has 74 valence electrons. The summed E-state index contributed by atoms with van der Waals surface area (Å²) in [7, 11) is 0. The Labute approximate surface area is 87.0 Å². The van der Waals surface area contributed by atoms with E-state index in [4.69, 9.17) is 4.74 Å². The molecule has 1 aromatic carbocycles. The summed E-state index contributed by atoms with van der Waals surface area (Å²) in [6.07, 6.45) is 1.01. The van der Waals surface area contributed by atoms with Gasteiger partial charge in [-0.2, -0.15) is 0 Å². The van der Waals surface area contributed by atoms with Crippen LogP contribution in [0.2, 0.25) is 0 Å². The number of para-hydroxylation sites is 1. The molecule has 0 spiro atoms. The Morgan fingerprint density at radius 1 is 1.07 bits per heavy atom. The monoisotopic (exact) mass is 199 g/mol. The first-order valence-electron chi connectivity index (χ1n) is 4.76. The maximum absolute atomic E-state index is 10.1. The number of ether oxygens (including phenoxy) is 1. The summed E-state index contributed by atoms with van der Waals surface area (Å²) < 4.78 is 5.58. The molecule has 15 heavy (non-hydrogen) atoms. The van der Waals surface area contributed by atoms with Crippen molar-refractivity contribution in [3.05, 3.63) is 53.7 Å². The highest BCUT2D eigenvalue weighted by atomic mass is 16.5. The van der Waals surface area contributed by atoms with Gasteiger partial charge in [0.25, 0.3) is 0 Å². The number of rotatable bonds is 0. The van der Waals surface area contributed by atoms with Crippen LogP contribution in [0.25, 0.3) is 0 Å². The molecule has 1 aliphatic heterocycles. The number of hydrogen-bond acceptors (Lipinski definition) is 3. The molecule has 3 heteroatoms. The number of nitrogens with zero attached hydrogens (tertiary/aromatic N) is 1. The first-order chi connectivity index (χ1) is 7.36. The zero-order valence-electron chi connectivity index (χ0n) is 7.92. The number of pyridine rings is 1. The molecule has 0 amide bonds. The molecule has 0 bridgehead atoms. The summed E-state index contributed by atoms with van der Waals surface area (Å²) in [5.74, 6) is 1.17. The highest BCUT2D eigenvalue weighted by Crippen LogP contribution is 2.40. The zero-order valence-corrected chi connectivity index (χ0v) is 7.92. The highest BCUT2D eigenvalue weighted by Gasteiger charge is 2.25. The van der Waals surface area contributed by atoms with Crippen LogP contribution < -0.4 is 4.74 Å². The van der Waals surface area contributed by atoms with Gasteiger partial charge in [-0.25, -0.2) is 4.98 Å². The molecule has 2 aromatic rings. The van der Waals surface area contributed by atoms with Crippen molar-refractivity contribution in [3.8, 4) is 11.6 Å². The first-order valence-corrected chi connectivity index (χ1v) is 4.76. The zero-order chi connectivity index (χ0) is 10.3. The lowest BCUT2D eigenvalue weighted by molar-refractivity contribution is 0.201. The van der Waals surface area contributed by atoms with E-state index < -0.39 is 6.10 Å². The maximum atomic E-state index is 10.1. The van der Waals surface area contributed by atoms with Crippen molar-refractivity contribution in [1.29, 1.82) is 0 Å². The van der Waals surface area contributed by atoms with E-state index in [-0.39, 0.29) is 0 Å². The van der Waals surface area contributed by atoms with Gasteiger partial charge in [0, 0.05) is 17.3 Å². The lowest BCUT2D eigenvalue weighted by Gasteiger charge is -2.23. The second-order valence-corrected chi connectivity index (χ2v) is 3.44. The Kier molecular flexibility index (Phi) is 1.73. The van der Waals surface area contributed by atoms with E-state index in [2.05, 4.69) is 4.98 Å². The molecule has 0 fully saturated rings. The molecule has 1 N–H and O–H groups in total. The Morgan fingerprint density at radius 3 is 2.80 bits per heavy atom. The molecule has 3 nitrogen and oxygen atoms in total. The smallest absolute Gasteiger partial charge is 0.225 e. The molecule has 0 aliphatic carbocycles. The third-order valence-electron chi connectivity index (χ3n) is 2.52. The molecular weight excluding hydrogens is 190 g/mol. The molecule has 2 heterocycles. The number of aliphatic hydroxyl groups excluding tert-OH is 1. The summed E-state index contributed by atoms with van der Waals surface area (Å²) in [6, 6.07) is 11.1. The largest absolute Gasteiger partial charge is 0.438 e. The first kappa shape index (κ1) is 8.44. The van der Waals surface area contributed by atoms with Crippen molar-refractivity contribution in [1.82, 2.24) is 4.98 Å². The highest BCUT2D eigenvalue weighted by molar-refractivity contribution is 5.48. The van der Waals surface area contributed by atoms with Crippen LogP contribution in [-0.4, -0.2) is 10.1 Å². The van der Waals surface area contributed by atoms with Gasteiger partial charge in [0.2, 0.25) is 5.88 Å². The van der Waals surface area contributed by atoms with Gasteiger partial charge in [-0.05, 0) is 18.2 Å². The maximum Gasteiger partial charge on any atom is 0.225 e. The van der Waals surface area contributed by atoms with Gasteiger partial charge in [-0.1, -0.05) is 18.2 Å². The quantitative estimate of drug-likeness (QED) is 0.707. The molecule has 0 radical (unpaired) electrons. The predicted molar refractivity (Wildman–Crippen MR) is 54.8 cm³/mol. The van der Waals surface area contributed by atoms with Crippen molar-refractivity contribution >= 4 is 0 Å². The van der Waals surface area contributed by atoms with Crippen LogP contribution in [0.1, 0.15) is 17.2 Å². The molecule has 0 saturated carbocycles. The van der Waals surface area contributed by atoms with Crippen LogP contribution in [0, 0.1) is 0 Å². The van der Waals surface area contributed by atoms with Crippen LogP contribution >= 0.6 is 0 Å². The van der Waals surface area contributed by atoms with Gasteiger partial charge in [0.05, 0.1) is 0 Å². The predicted octanol–water partition coefficient (Wildman–Crippen LogP) is 2.27. The van der Waals surface area contributed by atoms with Gasteiger partial charge in [-0.3, -0.25) is 0 Å². The summed E-state index contributed by atoms with van der Waals surface area (Å²) in [5, 5.41) is 10.1.